The highest BCUT2D eigenvalue weighted by Crippen LogP contribution is 1.71. The van der Waals surface area contributed by atoms with Crippen LogP contribution in [0, 0.1) is 0 Å². The van der Waals surface area contributed by atoms with Gasteiger partial charge in [-0.05, 0) is 6.92 Å². The fourth-order valence-electron chi connectivity index (χ4n) is 0.334. The molecule has 0 bridgehead atoms. The van der Waals surface area contributed by atoms with E-state index in [1.165, 1.54) is 6.92 Å². The van der Waals surface area contributed by atoms with Crippen molar-refractivity contribution in [3.05, 3.63) is 0 Å². The highest BCUT2D eigenvalue weighted by atomic mass is 16.2. The Morgan fingerprint density at radius 1 is 1.75 bits per heavy atom. The largest absolute Gasteiger partial charge is 0.346 e. The Labute approximate surface area is 48.1 Å². The molecule has 3 nitrogen and oxygen atoms in total. The van der Waals surface area contributed by atoms with Crippen LogP contribution in [-0.2, 0) is 9.59 Å². The van der Waals surface area contributed by atoms with E-state index in [0.717, 1.165) is 0 Å². The zero-order valence-corrected chi connectivity index (χ0v) is 4.89. The molecule has 3 heteroatoms. The molecule has 0 fully saturated rings. The van der Waals surface area contributed by atoms with Gasteiger partial charge in [0.2, 0.25) is 12.2 Å². The monoisotopic (exact) mass is 114 g/mol. The van der Waals surface area contributed by atoms with Gasteiger partial charge in [-0.1, -0.05) is 0 Å². The second-order valence-corrected chi connectivity index (χ2v) is 1.54. The number of carbonyl (C=O) groups is 1. The predicted molar refractivity (Wildman–Crippen MR) is 29.0 cm³/mol. The fourth-order valence-corrected chi connectivity index (χ4v) is 0.334. The van der Waals surface area contributed by atoms with Crippen LogP contribution in [-0.4, -0.2) is 18.2 Å². The van der Waals surface area contributed by atoms with Gasteiger partial charge in [0.15, 0.2) is 0 Å². The van der Waals surface area contributed by atoms with Crippen molar-refractivity contribution < 1.29 is 9.59 Å². The molecule has 0 aliphatic rings. The minimum atomic E-state index is -0.479. The molecule has 1 amide bonds. The molecular formula is C5H8NO2. The van der Waals surface area contributed by atoms with Crippen LogP contribution in [0.25, 0.3) is 0 Å². The molecule has 0 saturated heterocycles. The molecule has 1 N–H and O–H groups in total. The average Bonchev–Trinajstić information content (AvgIpc) is 1.65. The summed E-state index contributed by atoms with van der Waals surface area (Å²) < 4.78 is 0. The number of hydrogen-bond acceptors (Lipinski definition) is 2. The summed E-state index contributed by atoms with van der Waals surface area (Å²) in [5, 5.41) is 2.33. The van der Waals surface area contributed by atoms with Gasteiger partial charge in [0.1, 0.15) is 0 Å². The first-order valence-corrected chi connectivity index (χ1v) is 2.31. The summed E-state index contributed by atoms with van der Waals surface area (Å²) >= 11 is 0. The highest BCUT2D eigenvalue weighted by molar-refractivity contribution is 5.77. The van der Waals surface area contributed by atoms with Crippen molar-refractivity contribution in [1.82, 2.24) is 5.32 Å². The van der Waals surface area contributed by atoms with Gasteiger partial charge < -0.3 is 5.32 Å². The maximum absolute atomic E-state index is 10.1. The van der Waals surface area contributed by atoms with Gasteiger partial charge in [0.05, 0.1) is 6.04 Å². The lowest BCUT2D eigenvalue weighted by molar-refractivity contribution is -0.119. The molecule has 0 aliphatic heterocycles. The molecule has 0 unspecified atom stereocenters. The number of nitrogens with one attached hydrogen (secondary N) is 1. The predicted octanol–water partition coefficient (Wildman–Crippen LogP) is -0.379. The van der Waals surface area contributed by atoms with Crippen molar-refractivity contribution in [2.75, 3.05) is 0 Å². The van der Waals surface area contributed by atoms with E-state index < -0.39 is 6.04 Å². The Bertz CT molecular complexity index is 101. The number of amides is 1. The van der Waals surface area contributed by atoms with Crippen LogP contribution in [0.5, 0.6) is 0 Å². The smallest absolute Gasteiger partial charge is 0.222 e. The molecule has 1 radical (unpaired) electrons. The second-order valence-electron chi connectivity index (χ2n) is 1.54. The van der Waals surface area contributed by atoms with Crippen molar-refractivity contribution in [2.24, 2.45) is 0 Å². The Balaban J connectivity index is 3.38. The van der Waals surface area contributed by atoms with Crippen LogP contribution in [0.4, 0.5) is 0 Å². The zero-order valence-electron chi connectivity index (χ0n) is 4.89. The van der Waals surface area contributed by atoms with Gasteiger partial charge in [0.25, 0.3) is 0 Å². The molecule has 0 aromatic heterocycles. The molecule has 1 atom stereocenters. The van der Waals surface area contributed by atoms with Crippen molar-refractivity contribution >= 4 is 12.2 Å². The SMILES string of the molecule is CC(=O)N[C@@H](C)[C]=O. The third-order valence-corrected chi connectivity index (χ3v) is 0.597. The number of rotatable bonds is 2. The Hall–Kier alpha value is -0.860. The third kappa shape index (κ3) is 3.33. The fraction of sp³-hybridized carbons (Fsp3) is 0.600. The first kappa shape index (κ1) is 7.14. The summed E-state index contributed by atoms with van der Waals surface area (Å²) in [5.41, 5.74) is 0. The zero-order chi connectivity index (χ0) is 6.57. The Morgan fingerprint density at radius 2 is 2.25 bits per heavy atom. The van der Waals surface area contributed by atoms with E-state index in [2.05, 4.69) is 5.32 Å². The number of hydrogen-bond donors (Lipinski definition) is 1. The van der Waals surface area contributed by atoms with Crippen LogP contribution in [0.15, 0.2) is 0 Å². The quantitative estimate of drug-likeness (QED) is 0.532. The molecule has 45 valence electrons. The Morgan fingerprint density at radius 3 is 2.38 bits per heavy atom. The molecule has 0 saturated carbocycles. The van der Waals surface area contributed by atoms with Crippen LogP contribution in [0.3, 0.4) is 0 Å². The van der Waals surface area contributed by atoms with Crippen molar-refractivity contribution in [3.63, 3.8) is 0 Å². The van der Waals surface area contributed by atoms with Gasteiger partial charge in [0, 0.05) is 6.92 Å². The van der Waals surface area contributed by atoms with Crippen molar-refractivity contribution in [1.29, 1.82) is 0 Å². The van der Waals surface area contributed by atoms with E-state index >= 15 is 0 Å². The van der Waals surface area contributed by atoms with E-state index in [1.54, 1.807) is 13.2 Å². The van der Waals surface area contributed by atoms with E-state index in [-0.39, 0.29) is 5.91 Å². The minimum Gasteiger partial charge on any atom is -0.346 e. The van der Waals surface area contributed by atoms with Gasteiger partial charge in [-0.3, -0.25) is 9.59 Å². The van der Waals surface area contributed by atoms with E-state index in [9.17, 15) is 9.59 Å². The molecule has 0 spiro atoms. The van der Waals surface area contributed by atoms with Gasteiger partial charge in [-0.15, -0.1) is 0 Å². The topological polar surface area (TPSA) is 46.2 Å². The Kier molecular flexibility index (Phi) is 2.84. The van der Waals surface area contributed by atoms with E-state index in [1.807, 2.05) is 0 Å². The highest BCUT2D eigenvalue weighted by Gasteiger charge is 1.98. The van der Waals surface area contributed by atoms with Gasteiger partial charge in [-0.2, -0.15) is 0 Å². The molecule has 0 aromatic carbocycles. The van der Waals surface area contributed by atoms with Crippen molar-refractivity contribution in [3.8, 4) is 0 Å². The molecule has 0 heterocycles. The molecule has 0 aromatic rings. The lowest BCUT2D eigenvalue weighted by Gasteiger charge is -1.99. The normalized spacial score (nSPS) is 12.2. The second kappa shape index (κ2) is 3.18. The minimum absolute atomic E-state index is 0.208. The molecule has 0 rings (SSSR count). The third-order valence-electron chi connectivity index (χ3n) is 0.597. The maximum atomic E-state index is 10.1. The first-order valence-electron chi connectivity index (χ1n) is 2.31. The van der Waals surface area contributed by atoms with Gasteiger partial charge in [-0.25, -0.2) is 0 Å². The van der Waals surface area contributed by atoms with Crippen molar-refractivity contribution in [2.45, 2.75) is 19.9 Å². The van der Waals surface area contributed by atoms with Crippen LogP contribution >= 0.6 is 0 Å². The summed E-state index contributed by atoms with van der Waals surface area (Å²) in [6.07, 6.45) is 1.61. The summed E-state index contributed by atoms with van der Waals surface area (Å²) in [5.74, 6) is -0.208. The van der Waals surface area contributed by atoms with Crippen LogP contribution < -0.4 is 5.32 Å². The lowest BCUT2D eigenvalue weighted by Crippen LogP contribution is -2.31. The lowest BCUT2D eigenvalue weighted by atomic mass is 10.4. The summed E-state index contributed by atoms with van der Waals surface area (Å²) in [7, 11) is 0. The maximum Gasteiger partial charge on any atom is 0.222 e. The first-order chi connectivity index (χ1) is 3.66. The summed E-state index contributed by atoms with van der Waals surface area (Å²) in [6.45, 7) is 2.92. The standard InChI is InChI=1S/C5H8NO2/c1-4(3-7)6-5(2)8/h4H,1-2H3,(H,6,8)/t4-/m0/s1. The van der Waals surface area contributed by atoms with E-state index in [4.69, 9.17) is 0 Å². The van der Waals surface area contributed by atoms with E-state index in [0.29, 0.717) is 0 Å². The van der Waals surface area contributed by atoms with Crippen LogP contribution in [0.1, 0.15) is 13.8 Å². The summed E-state index contributed by atoms with van der Waals surface area (Å²) in [6, 6.07) is -0.479. The molecular weight excluding hydrogens is 106 g/mol. The number of carbonyl (C=O) groups excluding carboxylic acids is 2. The van der Waals surface area contributed by atoms with Gasteiger partial charge >= 0.3 is 0 Å². The summed E-state index contributed by atoms with van der Waals surface area (Å²) in [4.78, 5) is 19.8. The molecule has 8 heavy (non-hydrogen) atoms. The molecule has 0 aliphatic carbocycles. The van der Waals surface area contributed by atoms with Crippen LogP contribution in [0.2, 0.25) is 0 Å². The average molecular weight is 114 g/mol.